The summed E-state index contributed by atoms with van der Waals surface area (Å²) >= 11 is 0. The molecule has 0 radical (unpaired) electrons. The van der Waals surface area contributed by atoms with Gasteiger partial charge < -0.3 is 4.74 Å². The molecule has 1 heterocycles. The first-order valence-electron chi connectivity index (χ1n) is 7.80. The van der Waals surface area contributed by atoms with Gasteiger partial charge >= 0.3 is 0 Å². The van der Waals surface area contributed by atoms with Crippen LogP contribution in [0.4, 0.5) is 0 Å². The van der Waals surface area contributed by atoms with Gasteiger partial charge in [-0.05, 0) is 49.4 Å². The van der Waals surface area contributed by atoms with Crippen molar-refractivity contribution in [3.8, 4) is 0 Å². The summed E-state index contributed by atoms with van der Waals surface area (Å²) in [5.41, 5.74) is 0. The maximum Gasteiger partial charge on any atom is 0.0812 e. The van der Waals surface area contributed by atoms with E-state index < -0.39 is 0 Å². The summed E-state index contributed by atoms with van der Waals surface area (Å²) in [7, 11) is 0. The molecule has 0 bridgehead atoms. The van der Waals surface area contributed by atoms with Gasteiger partial charge in [0.25, 0.3) is 0 Å². The predicted octanol–water partition coefficient (Wildman–Crippen LogP) is 4.65. The van der Waals surface area contributed by atoms with Crippen LogP contribution in [0.15, 0.2) is 0 Å². The zero-order chi connectivity index (χ0) is 12.3. The van der Waals surface area contributed by atoms with E-state index in [1.54, 1.807) is 0 Å². The lowest BCUT2D eigenvalue weighted by Gasteiger charge is -2.33. The van der Waals surface area contributed by atoms with Gasteiger partial charge in [0.05, 0.1) is 12.7 Å². The predicted molar refractivity (Wildman–Crippen MR) is 73.0 cm³/mol. The second-order valence-corrected chi connectivity index (χ2v) is 6.70. The van der Waals surface area contributed by atoms with E-state index in [4.69, 9.17) is 4.74 Å². The second kappa shape index (κ2) is 6.22. The SMILES string of the molecule is CCC(C)CC(C)C1CCC(CC2CO2)CC1. The van der Waals surface area contributed by atoms with Crippen molar-refractivity contribution in [1.29, 1.82) is 0 Å². The third kappa shape index (κ3) is 4.28. The van der Waals surface area contributed by atoms with Crippen molar-refractivity contribution in [3.05, 3.63) is 0 Å². The average molecular weight is 238 g/mol. The number of ether oxygens (including phenoxy) is 1. The fourth-order valence-electron chi connectivity index (χ4n) is 3.56. The molecule has 0 N–H and O–H groups in total. The van der Waals surface area contributed by atoms with Gasteiger partial charge in [0.1, 0.15) is 0 Å². The maximum absolute atomic E-state index is 5.35. The lowest BCUT2D eigenvalue weighted by molar-refractivity contribution is 0.180. The van der Waals surface area contributed by atoms with Crippen LogP contribution >= 0.6 is 0 Å². The Morgan fingerprint density at radius 1 is 1.12 bits per heavy atom. The highest BCUT2D eigenvalue weighted by Gasteiger charge is 2.31. The number of rotatable bonds is 6. The second-order valence-electron chi connectivity index (χ2n) is 6.70. The van der Waals surface area contributed by atoms with Crippen molar-refractivity contribution in [3.63, 3.8) is 0 Å². The van der Waals surface area contributed by atoms with E-state index in [9.17, 15) is 0 Å². The van der Waals surface area contributed by atoms with E-state index in [0.29, 0.717) is 6.10 Å². The van der Waals surface area contributed by atoms with Crippen molar-refractivity contribution in [1.82, 2.24) is 0 Å². The molecule has 0 aromatic heterocycles. The highest BCUT2D eigenvalue weighted by Crippen LogP contribution is 2.38. The Kier molecular flexibility index (Phi) is 4.90. The van der Waals surface area contributed by atoms with E-state index in [1.165, 1.54) is 44.9 Å². The van der Waals surface area contributed by atoms with Gasteiger partial charge in [-0.3, -0.25) is 0 Å². The van der Waals surface area contributed by atoms with Gasteiger partial charge in [-0.15, -0.1) is 0 Å². The first-order chi connectivity index (χ1) is 8.19. The van der Waals surface area contributed by atoms with Gasteiger partial charge in [0, 0.05) is 0 Å². The van der Waals surface area contributed by atoms with E-state index >= 15 is 0 Å². The molecule has 100 valence electrons. The lowest BCUT2D eigenvalue weighted by atomic mass is 9.73. The molecular weight excluding hydrogens is 208 g/mol. The summed E-state index contributed by atoms with van der Waals surface area (Å²) in [6.07, 6.45) is 10.7. The standard InChI is InChI=1S/C16H30O/c1-4-12(2)9-13(3)15-7-5-14(6-8-15)10-16-11-17-16/h12-16H,4-11H2,1-3H3. The van der Waals surface area contributed by atoms with Gasteiger partial charge in [-0.1, -0.05) is 40.0 Å². The summed E-state index contributed by atoms with van der Waals surface area (Å²) in [5, 5.41) is 0. The van der Waals surface area contributed by atoms with Gasteiger partial charge in [-0.25, -0.2) is 0 Å². The van der Waals surface area contributed by atoms with Crippen molar-refractivity contribution in [2.75, 3.05) is 6.61 Å². The molecule has 1 heteroatoms. The molecule has 0 aromatic carbocycles. The van der Waals surface area contributed by atoms with Crippen molar-refractivity contribution < 1.29 is 4.74 Å². The van der Waals surface area contributed by atoms with Crippen LogP contribution in [0.5, 0.6) is 0 Å². The smallest absolute Gasteiger partial charge is 0.0812 e. The Labute approximate surface area is 107 Å². The van der Waals surface area contributed by atoms with Crippen LogP contribution in [-0.4, -0.2) is 12.7 Å². The quantitative estimate of drug-likeness (QED) is 0.613. The number of hydrogen-bond acceptors (Lipinski definition) is 1. The van der Waals surface area contributed by atoms with Crippen molar-refractivity contribution in [2.45, 2.75) is 71.8 Å². The van der Waals surface area contributed by atoms with Crippen LogP contribution in [0.25, 0.3) is 0 Å². The molecule has 0 aromatic rings. The van der Waals surface area contributed by atoms with E-state index in [-0.39, 0.29) is 0 Å². The molecule has 1 nitrogen and oxygen atoms in total. The minimum atomic E-state index is 0.647. The Morgan fingerprint density at radius 2 is 1.76 bits per heavy atom. The Bertz CT molecular complexity index is 214. The fourth-order valence-corrected chi connectivity index (χ4v) is 3.56. The van der Waals surface area contributed by atoms with Gasteiger partial charge in [0.15, 0.2) is 0 Å². The third-order valence-electron chi connectivity index (χ3n) is 5.17. The normalized spacial score (nSPS) is 36.5. The van der Waals surface area contributed by atoms with E-state index in [0.717, 1.165) is 30.3 Å². The van der Waals surface area contributed by atoms with Crippen molar-refractivity contribution >= 4 is 0 Å². The van der Waals surface area contributed by atoms with Crippen LogP contribution < -0.4 is 0 Å². The Morgan fingerprint density at radius 3 is 2.29 bits per heavy atom. The largest absolute Gasteiger partial charge is 0.373 e. The average Bonchev–Trinajstić information content (AvgIpc) is 3.13. The van der Waals surface area contributed by atoms with E-state index in [1.807, 2.05) is 0 Å². The number of epoxide rings is 1. The fraction of sp³-hybridized carbons (Fsp3) is 1.00. The molecule has 2 aliphatic rings. The first kappa shape index (κ1) is 13.4. The topological polar surface area (TPSA) is 12.5 Å². The van der Waals surface area contributed by atoms with Crippen LogP contribution in [0.3, 0.4) is 0 Å². The summed E-state index contributed by atoms with van der Waals surface area (Å²) in [6, 6.07) is 0. The molecule has 0 amide bonds. The molecule has 17 heavy (non-hydrogen) atoms. The molecule has 1 aliphatic heterocycles. The highest BCUT2D eigenvalue weighted by molar-refractivity contribution is 4.81. The van der Waals surface area contributed by atoms with Crippen LogP contribution in [-0.2, 0) is 4.74 Å². The van der Waals surface area contributed by atoms with Gasteiger partial charge in [-0.2, -0.15) is 0 Å². The third-order valence-corrected chi connectivity index (χ3v) is 5.17. The maximum atomic E-state index is 5.35. The molecule has 0 spiro atoms. The van der Waals surface area contributed by atoms with Crippen LogP contribution in [0, 0.1) is 23.7 Å². The summed E-state index contributed by atoms with van der Waals surface area (Å²) in [4.78, 5) is 0. The molecule has 1 aliphatic carbocycles. The lowest BCUT2D eigenvalue weighted by Crippen LogP contribution is -2.22. The highest BCUT2D eigenvalue weighted by atomic mass is 16.6. The molecule has 2 rings (SSSR count). The molecule has 3 atom stereocenters. The number of hydrogen-bond donors (Lipinski definition) is 0. The van der Waals surface area contributed by atoms with E-state index in [2.05, 4.69) is 20.8 Å². The monoisotopic (exact) mass is 238 g/mol. The van der Waals surface area contributed by atoms with Crippen LogP contribution in [0.2, 0.25) is 0 Å². The molecule has 3 unspecified atom stereocenters. The van der Waals surface area contributed by atoms with Crippen LogP contribution in [0.1, 0.15) is 65.7 Å². The molecule has 1 saturated heterocycles. The zero-order valence-corrected chi connectivity index (χ0v) is 12.0. The summed E-state index contributed by atoms with van der Waals surface area (Å²) < 4.78 is 5.35. The molecule has 1 saturated carbocycles. The molecule has 2 fully saturated rings. The van der Waals surface area contributed by atoms with Gasteiger partial charge in [0.2, 0.25) is 0 Å². The summed E-state index contributed by atoms with van der Waals surface area (Å²) in [6.45, 7) is 8.27. The minimum absolute atomic E-state index is 0.647. The first-order valence-corrected chi connectivity index (χ1v) is 7.80. The van der Waals surface area contributed by atoms with Crippen molar-refractivity contribution in [2.24, 2.45) is 23.7 Å². The minimum Gasteiger partial charge on any atom is -0.373 e. The Hall–Kier alpha value is -0.0400. The zero-order valence-electron chi connectivity index (χ0n) is 12.0. The molecular formula is C16H30O. The summed E-state index contributed by atoms with van der Waals surface area (Å²) in [5.74, 6) is 3.86. The Balaban J connectivity index is 1.66.